The van der Waals surface area contributed by atoms with Crippen LogP contribution in [0.25, 0.3) is 0 Å². The molecule has 0 unspecified atom stereocenters. The third kappa shape index (κ3) is 3.61. The monoisotopic (exact) mass is 367 g/mol. The Labute approximate surface area is 156 Å². The lowest BCUT2D eigenvalue weighted by molar-refractivity contribution is -0.118. The summed E-state index contributed by atoms with van der Waals surface area (Å²) in [6.07, 6.45) is 1.97. The number of anilines is 1. The number of hydrogen-bond donors (Lipinski definition) is 1. The van der Waals surface area contributed by atoms with Crippen molar-refractivity contribution in [1.29, 1.82) is 0 Å². The molecule has 27 heavy (non-hydrogen) atoms. The zero-order valence-electron chi connectivity index (χ0n) is 14.6. The summed E-state index contributed by atoms with van der Waals surface area (Å²) < 4.78 is 29.6. The van der Waals surface area contributed by atoms with E-state index in [4.69, 9.17) is 0 Å². The molecule has 1 aliphatic heterocycles. The van der Waals surface area contributed by atoms with Crippen LogP contribution in [0.4, 0.5) is 14.5 Å². The van der Waals surface area contributed by atoms with E-state index < -0.39 is 0 Å². The molecule has 1 aliphatic rings. The molecule has 0 aliphatic carbocycles. The molecule has 0 saturated heterocycles. The van der Waals surface area contributed by atoms with Crippen LogP contribution in [0.2, 0.25) is 0 Å². The van der Waals surface area contributed by atoms with Gasteiger partial charge in [0, 0.05) is 36.2 Å². The van der Waals surface area contributed by atoms with Gasteiger partial charge in [0.25, 0.3) is 0 Å². The summed E-state index contributed by atoms with van der Waals surface area (Å²) in [5, 5.41) is 2.77. The Morgan fingerprint density at radius 2 is 1.78 bits per heavy atom. The highest BCUT2D eigenvalue weighted by Gasteiger charge is 2.31. The van der Waals surface area contributed by atoms with E-state index in [0.717, 1.165) is 12.2 Å². The lowest BCUT2D eigenvalue weighted by atomic mass is 9.99. The van der Waals surface area contributed by atoms with E-state index in [1.165, 1.54) is 30.3 Å². The molecular weight excluding hydrogens is 348 g/mol. The topological polar surface area (TPSA) is 37.3 Å². The summed E-state index contributed by atoms with van der Waals surface area (Å²) in [6.45, 7) is 1.47. The number of halogens is 2. The molecule has 2 heterocycles. The molecule has 2 aromatic carbocycles. The molecule has 4 nitrogen and oxygen atoms in total. The average molecular weight is 367 g/mol. The van der Waals surface area contributed by atoms with Crippen LogP contribution in [0.1, 0.15) is 17.3 Å². The molecule has 0 spiro atoms. The number of carbonyl (C=O) groups excluding carboxylic acids is 1. The maximum absolute atomic E-state index is 14.5. The third-order valence-electron chi connectivity index (χ3n) is 4.81. The van der Waals surface area contributed by atoms with Gasteiger partial charge in [-0.1, -0.05) is 18.2 Å². The Morgan fingerprint density at radius 1 is 1.00 bits per heavy atom. The van der Waals surface area contributed by atoms with Crippen LogP contribution in [0.5, 0.6) is 0 Å². The van der Waals surface area contributed by atoms with Gasteiger partial charge in [-0.3, -0.25) is 9.69 Å². The molecule has 138 valence electrons. The maximum atomic E-state index is 14.5. The molecule has 1 aromatic heterocycles. The quantitative estimate of drug-likeness (QED) is 0.761. The maximum Gasteiger partial charge on any atom is 0.238 e. The predicted molar refractivity (Wildman–Crippen MR) is 99.3 cm³/mol. The lowest BCUT2D eigenvalue weighted by Gasteiger charge is -2.37. The Kier molecular flexibility index (Phi) is 4.73. The normalized spacial score (nSPS) is 16.7. The van der Waals surface area contributed by atoms with Crippen LogP contribution in [-0.2, 0) is 11.3 Å². The van der Waals surface area contributed by atoms with Crippen molar-refractivity contribution in [2.45, 2.75) is 12.6 Å². The number of benzene rings is 2. The SMILES string of the molecule is O=C(CN1CCn2cccc2[C@@H]1c1ccccc1F)Nc1ccc(F)cc1. The number of rotatable bonds is 4. The zero-order valence-corrected chi connectivity index (χ0v) is 14.6. The lowest BCUT2D eigenvalue weighted by Crippen LogP contribution is -2.43. The van der Waals surface area contributed by atoms with Crippen molar-refractivity contribution < 1.29 is 13.6 Å². The molecule has 0 radical (unpaired) electrons. The second kappa shape index (κ2) is 7.32. The van der Waals surface area contributed by atoms with E-state index in [1.807, 2.05) is 23.2 Å². The number of nitrogens with one attached hydrogen (secondary N) is 1. The van der Waals surface area contributed by atoms with E-state index in [1.54, 1.807) is 18.2 Å². The summed E-state index contributed by atoms with van der Waals surface area (Å²) in [5.74, 6) is -0.867. The first-order valence-corrected chi connectivity index (χ1v) is 8.81. The first-order chi connectivity index (χ1) is 13.1. The number of aromatic nitrogens is 1. The minimum Gasteiger partial charge on any atom is -0.348 e. The van der Waals surface area contributed by atoms with E-state index in [0.29, 0.717) is 17.8 Å². The van der Waals surface area contributed by atoms with Crippen LogP contribution >= 0.6 is 0 Å². The van der Waals surface area contributed by atoms with Crippen molar-refractivity contribution in [3.8, 4) is 0 Å². The molecule has 4 rings (SSSR count). The van der Waals surface area contributed by atoms with E-state index in [-0.39, 0.29) is 30.1 Å². The van der Waals surface area contributed by atoms with Crippen molar-refractivity contribution in [2.75, 3.05) is 18.4 Å². The Bertz CT molecular complexity index is 952. The largest absolute Gasteiger partial charge is 0.348 e. The van der Waals surface area contributed by atoms with Gasteiger partial charge in [-0.25, -0.2) is 8.78 Å². The Balaban J connectivity index is 1.58. The fraction of sp³-hybridized carbons (Fsp3) is 0.190. The van der Waals surface area contributed by atoms with Crippen molar-refractivity contribution in [3.05, 3.63) is 89.8 Å². The Hall–Kier alpha value is -2.99. The second-order valence-corrected chi connectivity index (χ2v) is 6.58. The van der Waals surface area contributed by atoms with Crippen LogP contribution in [0.15, 0.2) is 66.9 Å². The third-order valence-corrected chi connectivity index (χ3v) is 4.81. The summed E-state index contributed by atoms with van der Waals surface area (Å²) in [7, 11) is 0. The molecule has 1 N–H and O–H groups in total. The standard InChI is InChI=1S/C21H19F2N3O/c22-15-7-9-16(10-8-15)24-20(27)14-26-13-12-25-11-3-6-19(25)21(26)17-4-1-2-5-18(17)23/h1-11,21H,12-14H2,(H,24,27)/t21-/m0/s1. The molecule has 0 saturated carbocycles. The van der Waals surface area contributed by atoms with Crippen molar-refractivity contribution in [3.63, 3.8) is 0 Å². The van der Waals surface area contributed by atoms with Gasteiger partial charge in [0.1, 0.15) is 11.6 Å². The molecule has 1 atom stereocenters. The number of nitrogens with zero attached hydrogens (tertiary/aromatic N) is 2. The van der Waals surface area contributed by atoms with Gasteiger partial charge in [0.2, 0.25) is 5.91 Å². The predicted octanol–water partition coefficient (Wildman–Crippen LogP) is 3.81. The van der Waals surface area contributed by atoms with Crippen molar-refractivity contribution in [1.82, 2.24) is 9.47 Å². The highest BCUT2D eigenvalue weighted by molar-refractivity contribution is 5.92. The number of hydrogen-bond acceptors (Lipinski definition) is 2. The first-order valence-electron chi connectivity index (χ1n) is 8.81. The Morgan fingerprint density at radius 3 is 2.56 bits per heavy atom. The van der Waals surface area contributed by atoms with Crippen LogP contribution < -0.4 is 5.32 Å². The van der Waals surface area contributed by atoms with Crippen LogP contribution in [-0.4, -0.2) is 28.5 Å². The minimum atomic E-state index is -0.357. The molecule has 6 heteroatoms. The van der Waals surface area contributed by atoms with E-state index in [2.05, 4.69) is 9.88 Å². The van der Waals surface area contributed by atoms with Crippen molar-refractivity contribution >= 4 is 11.6 Å². The summed E-state index contributed by atoms with van der Waals surface area (Å²) >= 11 is 0. The van der Waals surface area contributed by atoms with Gasteiger partial charge in [-0.05, 0) is 42.5 Å². The van der Waals surface area contributed by atoms with E-state index in [9.17, 15) is 13.6 Å². The fourth-order valence-electron chi connectivity index (χ4n) is 3.57. The highest BCUT2D eigenvalue weighted by atomic mass is 19.1. The van der Waals surface area contributed by atoms with Crippen LogP contribution in [0.3, 0.4) is 0 Å². The van der Waals surface area contributed by atoms with Crippen molar-refractivity contribution in [2.24, 2.45) is 0 Å². The number of fused-ring (bicyclic) bond motifs is 1. The zero-order chi connectivity index (χ0) is 18.8. The molecule has 0 bridgehead atoms. The fourth-order valence-corrected chi connectivity index (χ4v) is 3.57. The van der Waals surface area contributed by atoms with Crippen LogP contribution in [0, 0.1) is 11.6 Å². The summed E-state index contributed by atoms with van der Waals surface area (Å²) in [5.41, 5.74) is 2.04. The molecule has 0 fully saturated rings. The van der Waals surface area contributed by atoms with Gasteiger partial charge in [0.05, 0.1) is 12.6 Å². The van der Waals surface area contributed by atoms with Gasteiger partial charge in [-0.2, -0.15) is 0 Å². The minimum absolute atomic E-state index is 0.113. The highest BCUT2D eigenvalue weighted by Crippen LogP contribution is 2.33. The molecular formula is C21H19F2N3O. The summed E-state index contributed by atoms with van der Waals surface area (Å²) in [4.78, 5) is 14.5. The van der Waals surface area contributed by atoms with Gasteiger partial charge in [-0.15, -0.1) is 0 Å². The second-order valence-electron chi connectivity index (χ2n) is 6.58. The average Bonchev–Trinajstić information content (AvgIpc) is 3.13. The summed E-state index contributed by atoms with van der Waals surface area (Å²) in [6, 6.07) is 15.8. The number of amides is 1. The number of carbonyl (C=O) groups is 1. The molecule has 1 amide bonds. The first kappa shape index (κ1) is 17.4. The van der Waals surface area contributed by atoms with Gasteiger partial charge < -0.3 is 9.88 Å². The molecule has 3 aromatic rings. The van der Waals surface area contributed by atoms with E-state index >= 15 is 0 Å². The van der Waals surface area contributed by atoms with Gasteiger partial charge >= 0.3 is 0 Å². The smallest absolute Gasteiger partial charge is 0.238 e. The van der Waals surface area contributed by atoms with Gasteiger partial charge in [0.15, 0.2) is 0 Å².